The molecule has 0 saturated heterocycles. The fraction of sp³-hybridized carbons (Fsp3) is 0.300. The second kappa shape index (κ2) is 7.54. The number of halogens is 2. The second-order valence-corrected chi connectivity index (χ2v) is 7.66. The van der Waals surface area contributed by atoms with Crippen molar-refractivity contribution in [3.05, 3.63) is 69.7 Å². The molecule has 0 atom stereocenters. The first kappa shape index (κ1) is 18.3. The van der Waals surface area contributed by atoms with Crippen LogP contribution < -0.4 is 0 Å². The van der Waals surface area contributed by atoms with Crippen LogP contribution in [0.3, 0.4) is 0 Å². The van der Waals surface area contributed by atoms with Crippen LogP contribution in [0.4, 0.5) is 4.39 Å². The van der Waals surface area contributed by atoms with Gasteiger partial charge in [-0.25, -0.2) is 9.07 Å². The molecule has 1 saturated carbocycles. The van der Waals surface area contributed by atoms with Gasteiger partial charge in [0.2, 0.25) is 0 Å². The molecule has 27 heavy (non-hydrogen) atoms. The molecule has 2 aromatic carbocycles. The summed E-state index contributed by atoms with van der Waals surface area (Å²) < 4.78 is 17.6. The first-order chi connectivity index (χ1) is 13.0. The quantitative estimate of drug-likeness (QED) is 0.541. The predicted octanol–water partition coefficient (Wildman–Crippen LogP) is 5.03. The van der Waals surface area contributed by atoms with Crippen LogP contribution in [0.1, 0.15) is 18.4 Å². The third-order valence-corrected chi connectivity index (χ3v) is 5.65. The number of benzene rings is 2. The van der Waals surface area contributed by atoms with Gasteiger partial charge in [0.15, 0.2) is 10.6 Å². The molecule has 0 spiro atoms. The van der Waals surface area contributed by atoms with E-state index in [0.29, 0.717) is 22.5 Å². The van der Waals surface area contributed by atoms with Crippen molar-refractivity contribution in [1.82, 2.24) is 19.2 Å². The van der Waals surface area contributed by atoms with Crippen LogP contribution in [0, 0.1) is 10.6 Å². The first-order valence-electron chi connectivity index (χ1n) is 8.90. The molecule has 4 nitrogen and oxygen atoms in total. The van der Waals surface area contributed by atoms with Crippen LogP contribution >= 0.6 is 23.8 Å². The number of nitrogens with zero attached hydrogens (tertiary/aromatic N) is 4. The van der Waals surface area contributed by atoms with Crippen molar-refractivity contribution in [2.24, 2.45) is 7.05 Å². The van der Waals surface area contributed by atoms with E-state index < -0.39 is 0 Å². The maximum Gasteiger partial charge on any atom is 0.199 e. The minimum Gasteiger partial charge on any atom is -0.303 e. The van der Waals surface area contributed by atoms with Crippen molar-refractivity contribution >= 4 is 23.8 Å². The average molecular weight is 403 g/mol. The summed E-state index contributed by atoms with van der Waals surface area (Å²) in [4.78, 5) is 2.34. The molecule has 1 aliphatic rings. The van der Waals surface area contributed by atoms with Gasteiger partial charge in [0.25, 0.3) is 0 Å². The lowest BCUT2D eigenvalue weighted by molar-refractivity contribution is 0.186. The van der Waals surface area contributed by atoms with Crippen LogP contribution in [-0.2, 0) is 20.3 Å². The van der Waals surface area contributed by atoms with Gasteiger partial charge in [0.05, 0.1) is 11.7 Å². The highest BCUT2D eigenvalue weighted by molar-refractivity contribution is 7.71. The van der Waals surface area contributed by atoms with Gasteiger partial charge in [-0.1, -0.05) is 35.9 Å². The molecule has 0 unspecified atom stereocenters. The monoisotopic (exact) mass is 402 g/mol. The summed E-state index contributed by atoms with van der Waals surface area (Å²) >= 11 is 11.9. The van der Waals surface area contributed by atoms with Gasteiger partial charge in [-0.05, 0) is 54.9 Å². The summed E-state index contributed by atoms with van der Waals surface area (Å²) in [5.41, 5.74) is 1.94. The minimum absolute atomic E-state index is 0.215. The lowest BCUT2D eigenvalue weighted by Crippen LogP contribution is -2.29. The van der Waals surface area contributed by atoms with Gasteiger partial charge < -0.3 is 4.57 Å². The molecule has 4 rings (SSSR count). The Hall–Kier alpha value is -2.02. The maximum absolute atomic E-state index is 13.2. The maximum atomic E-state index is 13.2. The SMILES string of the molecule is Cn1c(-c2ccccc2Cl)nn(CN(Cc2ccc(F)cc2)C2CC2)c1=S. The molecular weight excluding hydrogens is 383 g/mol. The molecule has 1 heterocycles. The third kappa shape index (κ3) is 3.98. The van der Waals surface area contributed by atoms with Crippen molar-refractivity contribution in [3.63, 3.8) is 0 Å². The van der Waals surface area contributed by atoms with E-state index in [1.807, 2.05) is 52.7 Å². The van der Waals surface area contributed by atoms with Crippen molar-refractivity contribution in [2.45, 2.75) is 32.1 Å². The molecule has 0 aliphatic heterocycles. The highest BCUT2D eigenvalue weighted by Crippen LogP contribution is 2.30. The fourth-order valence-corrected chi connectivity index (χ4v) is 3.59. The van der Waals surface area contributed by atoms with Crippen LogP contribution in [0.15, 0.2) is 48.5 Å². The normalized spacial score (nSPS) is 14.1. The van der Waals surface area contributed by atoms with Gasteiger partial charge in [0.1, 0.15) is 5.82 Å². The van der Waals surface area contributed by atoms with Crippen LogP contribution in [0.25, 0.3) is 11.4 Å². The summed E-state index contributed by atoms with van der Waals surface area (Å²) in [5, 5.41) is 5.39. The van der Waals surface area contributed by atoms with Gasteiger partial charge in [-0.3, -0.25) is 4.90 Å². The molecule has 1 aliphatic carbocycles. The second-order valence-electron chi connectivity index (χ2n) is 6.89. The number of aromatic nitrogens is 3. The van der Waals surface area contributed by atoms with Gasteiger partial charge in [-0.15, -0.1) is 0 Å². The molecular formula is C20H20ClFN4S. The highest BCUT2D eigenvalue weighted by Gasteiger charge is 2.30. The average Bonchev–Trinajstić information content (AvgIpc) is 3.47. The van der Waals surface area contributed by atoms with Gasteiger partial charge in [-0.2, -0.15) is 5.10 Å². The smallest absolute Gasteiger partial charge is 0.199 e. The minimum atomic E-state index is -0.215. The summed E-state index contributed by atoms with van der Waals surface area (Å²) in [7, 11) is 1.91. The largest absolute Gasteiger partial charge is 0.303 e. The predicted molar refractivity (Wildman–Crippen MR) is 107 cm³/mol. The van der Waals surface area contributed by atoms with Crippen LogP contribution in [0.2, 0.25) is 5.02 Å². The fourth-order valence-electron chi connectivity index (χ4n) is 3.19. The molecule has 0 amide bonds. The Bertz CT molecular complexity index is 1010. The van der Waals surface area contributed by atoms with E-state index in [4.69, 9.17) is 28.9 Å². The Morgan fingerprint density at radius 2 is 1.89 bits per heavy atom. The van der Waals surface area contributed by atoms with Gasteiger partial charge in [0, 0.05) is 25.2 Å². The third-order valence-electron chi connectivity index (χ3n) is 4.83. The van der Waals surface area contributed by atoms with Crippen molar-refractivity contribution < 1.29 is 4.39 Å². The Balaban J connectivity index is 1.61. The number of hydrogen-bond donors (Lipinski definition) is 0. The molecule has 0 radical (unpaired) electrons. The summed E-state index contributed by atoms with van der Waals surface area (Å²) in [6.07, 6.45) is 2.33. The first-order valence-corrected chi connectivity index (χ1v) is 9.69. The Morgan fingerprint density at radius 1 is 1.19 bits per heavy atom. The van der Waals surface area contributed by atoms with E-state index in [0.717, 1.165) is 23.5 Å². The summed E-state index contributed by atoms with van der Waals surface area (Å²) in [6, 6.07) is 14.8. The topological polar surface area (TPSA) is 26.0 Å². The Kier molecular flexibility index (Phi) is 5.12. The molecule has 140 valence electrons. The van der Waals surface area contributed by atoms with Crippen LogP contribution in [-0.4, -0.2) is 25.3 Å². The zero-order valence-electron chi connectivity index (χ0n) is 15.0. The Morgan fingerprint density at radius 3 is 2.56 bits per heavy atom. The molecule has 1 aromatic heterocycles. The molecule has 0 N–H and O–H groups in total. The van der Waals surface area contributed by atoms with Gasteiger partial charge >= 0.3 is 0 Å². The molecule has 0 bridgehead atoms. The van der Waals surface area contributed by atoms with Crippen molar-refractivity contribution in [1.29, 1.82) is 0 Å². The molecule has 1 fully saturated rings. The summed E-state index contributed by atoms with van der Waals surface area (Å²) in [5.74, 6) is 0.538. The molecule has 7 heteroatoms. The zero-order chi connectivity index (χ0) is 19.0. The standard InChI is InChI=1S/C20H20ClFN4S/c1-24-19(17-4-2-3-5-18(17)21)23-26(20(24)27)13-25(16-10-11-16)12-14-6-8-15(22)9-7-14/h2-9,16H,10-13H2,1H3. The number of hydrogen-bond acceptors (Lipinski definition) is 3. The van der Waals surface area contributed by atoms with Crippen molar-refractivity contribution in [3.8, 4) is 11.4 Å². The Labute approximate surface area is 167 Å². The van der Waals surface area contributed by atoms with E-state index in [2.05, 4.69) is 4.90 Å². The van der Waals surface area contributed by atoms with E-state index in [1.54, 1.807) is 0 Å². The van der Waals surface area contributed by atoms with Crippen molar-refractivity contribution in [2.75, 3.05) is 0 Å². The van der Waals surface area contributed by atoms with E-state index in [9.17, 15) is 4.39 Å². The lowest BCUT2D eigenvalue weighted by Gasteiger charge is -2.21. The van der Waals surface area contributed by atoms with E-state index in [-0.39, 0.29) is 5.82 Å². The summed E-state index contributed by atoms with van der Waals surface area (Å²) in [6.45, 7) is 1.34. The van der Waals surface area contributed by atoms with E-state index >= 15 is 0 Å². The van der Waals surface area contributed by atoms with E-state index in [1.165, 1.54) is 25.0 Å². The molecule has 3 aromatic rings. The highest BCUT2D eigenvalue weighted by atomic mass is 35.5. The lowest BCUT2D eigenvalue weighted by atomic mass is 10.2. The van der Waals surface area contributed by atoms with Crippen LogP contribution in [0.5, 0.6) is 0 Å². The zero-order valence-corrected chi connectivity index (χ0v) is 16.6. The number of rotatable bonds is 6.